The molecular formula is C11H12O4. The van der Waals surface area contributed by atoms with Crippen LogP contribution in [0.3, 0.4) is 0 Å². The van der Waals surface area contributed by atoms with Crippen LogP contribution in [0.2, 0.25) is 0 Å². The molecule has 0 spiro atoms. The molecule has 4 heteroatoms. The van der Waals surface area contributed by atoms with Gasteiger partial charge in [0.05, 0.1) is 12.5 Å². The summed E-state index contributed by atoms with van der Waals surface area (Å²) in [5, 5.41) is 18.2. The standard InChI is InChI=1S/C11H12O4/c12-9-2-1-7-5-8(11(13)14)3-4-15-10(7)6-9/h1-2,6,8,12H,3-5H2,(H,13,14). The van der Waals surface area contributed by atoms with Gasteiger partial charge in [-0.1, -0.05) is 6.07 Å². The summed E-state index contributed by atoms with van der Waals surface area (Å²) in [5.41, 5.74) is 0.845. The molecule has 1 aliphatic rings. The molecule has 1 heterocycles. The Hall–Kier alpha value is -1.71. The minimum absolute atomic E-state index is 0.141. The second-order valence-corrected chi connectivity index (χ2v) is 3.67. The highest BCUT2D eigenvalue weighted by Crippen LogP contribution is 2.30. The summed E-state index contributed by atoms with van der Waals surface area (Å²) in [6, 6.07) is 4.79. The number of benzene rings is 1. The normalized spacial score (nSPS) is 19.9. The topological polar surface area (TPSA) is 66.8 Å². The van der Waals surface area contributed by atoms with Gasteiger partial charge in [0, 0.05) is 6.07 Å². The Labute approximate surface area is 87.1 Å². The molecule has 4 nitrogen and oxygen atoms in total. The van der Waals surface area contributed by atoms with Gasteiger partial charge in [-0.15, -0.1) is 0 Å². The van der Waals surface area contributed by atoms with E-state index in [1.54, 1.807) is 12.1 Å². The van der Waals surface area contributed by atoms with Crippen molar-refractivity contribution in [1.29, 1.82) is 0 Å². The average Bonchev–Trinajstić information content (AvgIpc) is 2.39. The number of phenols is 1. The minimum Gasteiger partial charge on any atom is -0.508 e. The van der Waals surface area contributed by atoms with E-state index in [9.17, 15) is 9.90 Å². The highest BCUT2D eigenvalue weighted by atomic mass is 16.5. The van der Waals surface area contributed by atoms with E-state index in [-0.39, 0.29) is 5.75 Å². The van der Waals surface area contributed by atoms with Crippen molar-refractivity contribution in [3.05, 3.63) is 23.8 Å². The van der Waals surface area contributed by atoms with Crippen LogP contribution in [-0.2, 0) is 11.2 Å². The fourth-order valence-electron chi connectivity index (χ4n) is 1.74. The highest BCUT2D eigenvalue weighted by Gasteiger charge is 2.23. The molecule has 0 saturated carbocycles. The van der Waals surface area contributed by atoms with Gasteiger partial charge in [0.2, 0.25) is 0 Å². The fraction of sp³-hybridized carbons (Fsp3) is 0.364. The third kappa shape index (κ3) is 2.03. The zero-order valence-corrected chi connectivity index (χ0v) is 8.14. The van der Waals surface area contributed by atoms with Gasteiger partial charge in [0.15, 0.2) is 0 Å². The van der Waals surface area contributed by atoms with E-state index < -0.39 is 11.9 Å². The molecule has 2 N–H and O–H groups in total. The molecule has 0 aromatic heterocycles. The van der Waals surface area contributed by atoms with Gasteiger partial charge in [-0.3, -0.25) is 4.79 Å². The molecule has 0 saturated heterocycles. The smallest absolute Gasteiger partial charge is 0.306 e. The number of carboxylic acids is 1. The summed E-state index contributed by atoms with van der Waals surface area (Å²) < 4.78 is 5.39. The van der Waals surface area contributed by atoms with Crippen LogP contribution in [0, 0.1) is 5.92 Å². The molecule has 80 valence electrons. The van der Waals surface area contributed by atoms with Gasteiger partial charge < -0.3 is 14.9 Å². The lowest BCUT2D eigenvalue weighted by atomic mass is 9.97. The number of aliphatic carboxylic acids is 1. The first-order valence-electron chi connectivity index (χ1n) is 4.84. The molecule has 0 bridgehead atoms. The molecule has 1 atom stereocenters. The van der Waals surface area contributed by atoms with Gasteiger partial charge in [-0.25, -0.2) is 0 Å². The minimum atomic E-state index is -0.792. The molecule has 0 amide bonds. The fourth-order valence-corrected chi connectivity index (χ4v) is 1.74. The predicted molar refractivity (Wildman–Crippen MR) is 53.0 cm³/mol. The average molecular weight is 208 g/mol. The molecular weight excluding hydrogens is 196 g/mol. The van der Waals surface area contributed by atoms with Crippen molar-refractivity contribution in [2.75, 3.05) is 6.61 Å². The molecule has 1 unspecified atom stereocenters. The second kappa shape index (κ2) is 3.81. The van der Waals surface area contributed by atoms with Gasteiger partial charge in [-0.2, -0.15) is 0 Å². The SMILES string of the molecule is O=C(O)C1CCOc2cc(O)ccc2C1. The maximum Gasteiger partial charge on any atom is 0.306 e. The molecule has 1 aliphatic heterocycles. The van der Waals surface area contributed by atoms with Crippen molar-refractivity contribution in [2.45, 2.75) is 12.8 Å². The first-order chi connectivity index (χ1) is 7.16. The zero-order valence-electron chi connectivity index (χ0n) is 8.14. The molecule has 0 aliphatic carbocycles. The summed E-state index contributed by atoms with van der Waals surface area (Å²) >= 11 is 0. The Morgan fingerprint density at radius 3 is 3.00 bits per heavy atom. The van der Waals surface area contributed by atoms with E-state index in [0.717, 1.165) is 5.56 Å². The van der Waals surface area contributed by atoms with Crippen molar-refractivity contribution in [1.82, 2.24) is 0 Å². The Kier molecular flexibility index (Phi) is 2.49. The number of hydrogen-bond donors (Lipinski definition) is 2. The number of carboxylic acid groups (broad SMARTS) is 1. The maximum atomic E-state index is 10.9. The van der Waals surface area contributed by atoms with Crippen LogP contribution < -0.4 is 4.74 Å². The Bertz CT molecular complexity index is 386. The van der Waals surface area contributed by atoms with Crippen LogP contribution in [0.4, 0.5) is 0 Å². The summed E-state index contributed by atoms with van der Waals surface area (Å²) in [5.74, 6) is -0.448. The van der Waals surface area contributed by atoms with E-state index in [0.29, 0.717) is 25.2 Å². The molecule has 0 radical (unpaired) electrons. The van der Waals surface area contributed by atoms with Crippen LogP contribution in [0.25, 0.3) is 0 Å². The number of carbonyl (C=O) groups is 1. The number of ether oxygens (including phenoxy) is 1. The zero-order chi connectivity index (χ0) is 10.8. The van der Waals surface area contributed by atoms with Gasteiger partial charge in [-0.05, 0) is 24.5 Å². The van der Waals surface area contributed by atoms with E-state index >= 15 is 0 Å². The van der Waals surface area contributed by atoms with Crippen molar-refractivity contribution < 1.29 is 19.7 Å². The Morgan fingerprint density at radius 1 is 1.47 bits per heavy atom. The maximum absolute atomic E-state index is 10.9. The third-order valence-corrected chi connectivity index (χ3v) is 2.59. The number of fused-ring (bicyclic) bond motifs is 1. The van der Waals surface area contributed by atoms with Crippen LogP contribution >= 0.6 is 0 Å². The summed E-state index contributed by atoms with van der Waals surface area (Å²) in [4.78, 5) is 10.9. The number of phenolic OH excluding ortho intramolecular Hbond substituents is 1. The van der Waals surface area contributed by atoms with Crippen LogP contribution in [0.15, 0.2) is 18.2 Å². The van der Waals surface area contributed by atoms with Crippen LogP contribution in [-0.4, -0.2) is 22.8 Å². The lowest BCUT2D eigenvalue weighted by molar-refractivity contribution is -0.142. The third-order valence-electron chi connectivity index (χ3n) is 2.59. The van der Waals surface area contributed by atoms with Gasteiger partial charge >= 0.3 is 5.97 Å². The van der Waals surface area contributed by atoms with Crippen LogP contribution in [0.1, 0.15) is 12.0 Å². The number of aromatic hydroxyl groups is 1. The molecule has 1 aromatic carbocycles. The molecule has 15 heavy (non-hydrogen) atoms. The Balaban J connectivity index is 2.29. The monoisotopic (exact) mass is 208 g/mol. The van der Waals surface area contributed by atoms with Crippen LogP contribution in [0.5, 0.6) is 11.5 Å². The summed E-state index contributed by atoms with van der Waals surface area (Å²) in [6.07, 6.45) is 0.968. The van der Waals surface area contributed by atoms with Crippen molar-refractivity contribution in [2.24, 2.45) is 5.92 Å². The number of rotatable bonds is 1. The van der Waals surface area contributed by atoms with E-state index in [1.807, 2.05) is 0 Å². The number of hydrogen-bond acceptors (Lipinski definition) is 3. The van der Waals surface area contributed by atoms with E-state index in [2.05, 4.69) is 0 Å². The van der Waals surface area contributed by atoms with Crippen molar-refractivity contribution >= 4 is 5.97 Å². The second-order valence-electron chi connectivity index (χ2n) is 3.67. The summed E-state index contributed by atoms with van der Waals surface area (Å²) in [7, 11) is 0. The van der Waals surface area contributed by atoms with Gasteiger partial charge in [0.1, 0.15) is 11.5 Å². The van der Waals surface area contributed by atoms with Crippen molar-refractivity contribution in [3.63, 3.8) is 0 Å². The molecule has 0 fully saturated rings. The van der Waals surface area contributed by atoms with Crippen molar-refractivity contribution in [3.8, 4) is 11.5 Å². The lowest BCUT2D eigenvalue weighted by Gasteiger charge is -2.07. The molecule has 1 aromatic rings. The largest absolute Gasteiger partial charge is 0.508 e. The summed E-state index contributed by atoms with van der Waals surface area (Å²) in [6.45, 7) is 0.382. The van der Waals surface area contributed by atoms with E-state index in [4.69, 9.17) is 9.84 Å². The quantitative estimate of drug-likeness (QED) is 0.732. The predicted octanol–water partition coefficient (Wildman–Crippen LogP) is 1.42. The first kappa shape index (κ1) is 9.83. The van der Waals surface area contributed by atoms with E-state index in [1.165, 1.54) is 6.07 Å². The Morgan fingerprint density at radius 2 is 2.27 bits per heavy atom. The van der Waals surface area contributed by atoms with Gasteiger partial charge in [0.25, 0.3) is 0 Å². The highest BCUT2D eigenvalue weighted by molar-refractivity contribution is 5.70. The lowest BCUT2D eigenvalue weighted by Crippen LogP contribution is -2.16. The molecule has 2 rings (SSSR count). The first-order valence-corrected chi connectivity index (χ1v) is 4.84.